The average Bonchev–Trinajstić information content (AvgIpc) is 3.04. The first-order valence-corrected chi connectivity index (χ1v) is 8.63. The maximum Gasteiger partial charge on any atom is 0.168 e. The smallest absolute Gasteiger partial charge is 0.168 e. The summed E-state index contributed by atoms with van der Waals surface area (Å²) in [4.78, 5) is 0.350. The van der Waals surface area contributed by atoms with E-state index in [0.717, 1.165) is 17.7 Å². The van der Waals surface area contributed by atoms with Gasteiger partial charge >= 0.3 is 0 Å². The fraction of sp³-hybridized carbons (Fsp3) is 0.294. The predicted molar refractivity (Wildman–Crippen MR) is 84.6 cm³/mol. The maximum absolute atomic E-state index is 11.2. The van der Waals surface area contributed by atoms with E-state index in [-0.39, 0.29) is 12.1 Å². The largest absolute Gasteiger partial charge is 0.378 e. The Balaban J connectivity index is 1.79. The van der Waals surface area contributed by atoms with Crippen LogP contribution in [0.4, 0.5) is 5.69 Å². The molecule has 1 saturated heterocycles. The number of nitrogens with one attached hydrogen (secondary N) is 1. The summed E-state index contributed by atoms with van der Waals surface area (Å²) in [5.41, 5.74) is 3.18. The van der Waals surface area contributed by atoms with Gasteiger partial charge in [0.25, 0.3) is 0 Å². The first-order valence-electron chi connectivity index (χ1n) is 7.45. The van der Waals surface area contributed by atoms with Crippen molar-refractivity contribution in [2.24, 2.45) is 5.92 Å². The van der Waals surface area contributed by atoms with Gasteiger partial charge in [-0.05, 0) is 30.2 Å². The highest BCUT2D eigenvalue weighted by molar-refractivity contribution is 7.72. The quantitative estimate of drug-likeness (QED) is 0.837. The Labute approximate surface area is 131 Å². The van der Waals surface area contributed by atoms with Crippen molar-refractivity contribution >= 4 is 16.4 Å². The fourth-order valence-electron chi connectivity index (χ4n) is 3.56. The standard InChI is InChI=1S/C17H17NO3S/c19-22(20)12-6-7-15-14(10-12)17-13(8-9-21-17)16(18-15)11-4-2-1-3-5-11/h1-7,10,13,16-18,22H,8-9H2/t13-,16?,17-/m0/s1. The number of hydrogen-bond donors (Lipinski definition) is 2. The molecular weight excluding hydrogens is 298 g/mol. The van der Waals surface area contributed by atoms with Crippen LogP contribution in [-0.4, -0.2) is 15.0 Å². The molecule has 0 spiro atoms. The summed E-state index contributed by atoms with van der Waals surface area (Å²) in [7, 11) is -2.57. The molecular formula is C17H17NO3S. The van der Waals surface area contributed by atoms with E-state index >= 15 is 0 Å². The van der Waals surface area contributed by atoms with E-state index in [0.29, 0.717) is 17.4 Å². The second kappa shape index (κ2) is 5.41. The monoisotopic (exact) mass is 315 g/mol. The van der Waals surface area contributed by atoms with Crippen LogP contribution in [0.2, 0.25) is 0 Å². The zero-order valence-corrected chi connectivity index (χ0v) is 12.8. The molecule has 2 aliphatic rings. The SMILES string of the molecule is O=[SH](=O)c1ccc2c(c1)[C@H]1OCC[C@H]1C(c1ccccc1)N2. The Kier molecular flexibility index (Phi) is 3.39. The molecule has 2 aromatic rings. The fourth-order valence-corrected chi connectivity index (χ4v) is 4.00. The topological polar surface area (TPSA) is 55.4 Å². The molecule has 2 aromatic carbocycles. The molecule has 2 heterocycles. The van der Waals surface area contributed by atoms with Crippen molar-refractivity contribution in [1.29, 1.82) is 0 Å². The molecule has 0 saturated carbocycles. The molecule has 1 unspecified atom stereocenters. The summed E-state index contributed by atoms with van der Waals surface area (Å²) in [6.45, 7) is 0.716. The van der Waals surface area contributed by atoms with Gasteiger partial charge in [-0.2, -0.15) is 0 Å². The number of anilines is 1. The van der Waals surface area contributed by atoms with Crippen LogP contribution >= 0.6 is 0 Å². The minimum absolute atomic E-state index is 0.0312. The third-order valence-electron chi connectivity index (χ3n) is 4.59. The van der Waals surface area contributed by atoms with Crippen LogP contribution in [0, 0.1) is 5.92 Å². The Morgan fingerprint density at radius 2 is 1.91 bits per heavy atom. The highest BCUT2D eigenvalue weighted by atomic mass is 32.2. The number of rotatable bonds is 2. The number of benzene rings is 2. The van der Waals surface area contributed by atoms with E-state index in [1.54, 1.807) is 12.1 Å². The van der Waals surface area contributed by atoms with E-state index in [1.807, 2.05) is 24.3 Å². The van der Waals surface area contributed by atoms with Gasteiger partial charge in [0, 0.05) is 23.8 Å². The van der Waals surface area contributed by atoms with E-state index in [4.69, 9.17) is 4.74 Å². The lowest BCUT2D eigenvalue weighted by atomic mass is 9.81. The van der Waals surface area contributed by atoms with Gasteiger partial charge in [0.1, 0.15) is 0 Å². The van der Waals surface area contributed by atoms with E-state index in [2.05, 4.69) is 17.4 Å². The van der Waals surface area contributed by atoms with Crippen molar-refractivity contribution in [1.82, 2.24) is 0 Å². The second-order valence-corrected chi connectivity index (χ2v) is 6.84. The lowest BCUT2D eigenvalue weighted by molar-refractivity contribution is 0.0827. The van der Waals surface area contributed by atoms with Crippen molar-refractivity contribution in [2.45, 2.75) is 23.5 Å². The lowest BCUT2D eigenvalue weighted by Gasteiger charge is -2.36. The Hall–Kier alpha value is -1.85. The van der Waals surface area contributed by atoms with E-state index < -0.39 is 10.7 Å². The second-order valence-electron chi connectivity index (χ2n) is 5.81. The van der Waals surface area contributed by atoms with Crippen LogP contribution in [0.1, 0.15) is 29.7 Å². The van der Waals surface area contributed by atoms with Crippen LogP contribution in [0.15, 0.2) is 53.4 Å². The molecule has 4 nitrogen and oxygen atoms in total. The van der Waals surface area contributed by atoms with Gasteiger partial charge in [-0.1, -0.05) is 30.3 Å². The minimum atomic E-state index is -2.57. The summed E-state index contributed by atoms with van der Waals surface area (Å²) in [5.74, 6) is 0.328. The van der Waals surface area contributed by atoms with Gasteiger partial charge in [-0.15, -0.1) is 0 Å². The molecule has 5 heteroatoms. The van der Waals surface area contributed by atoms with Crippen LogP contribution in [0.3, 0.4) is 0 Å². The van der Waals surface area contributed by atoms with Crippen LogP contribution < -0.4 is 5.32 Å². The predicted octanol–water partition coefficient (Wildman–Crippen LogP) is 2.90. The van der Waals surface area contributed by atoms with Crippen LogP contribution in [0.25, 0.3) is 0 Å². The van der Waals surface area contributed by atoms with Gasteiger partial charge in [0.05, 0.1) is 17.0 Å². The highest BCUT2D eigenvalue weighted by Gasteiger charge is 2.41. The minimum Gasteiger partial charge on any atom is -0.378 e. The molecule has 1 N–H and O–H groups in total. The molecule has 2 aliphatic heterocycles. The highest BCUT2D eigenvalue weighted by Crippen LogP contribution is 2.49. The van der Waals surface area contributed by atoms with Crippen LogP contribution in [0.5, 0.6) is 0 Å². The molecule has 22 heavy (non-hydrogen) atoms. The Morgan fingerprint density at radius 3 is 2.68 bits per heavy atom. The molecule has 0 radical (unpaired) electrons. The molecule has 0 bridgehead atoms. The van der Waals surface area contributed by atoms with Crippen LogP contribution in [-0.2, 0) is 15.4 Å². The molecule has 0 amide bonds. The molecule has 1 fully saturated rings. The van der Waals surface area contributed by atoms with Gasteiger partial charge in [-0.3, -0.25) is 0 Å². The van der Waals surface area contributed by atoms with E-state index in [9.17, 15) is 8.42 Å². The number of ether oxygens (including phenoxy) is 1. The third kappa shape index (κ3) is 2.21. The van der Waals surface area contributed by atoms with Gasteiger partial charge in [0.2, 0.25) is 0 Å². The van der Waals surface area contributed by atoms with Crippen molar-refractivity contribution in [2.75, 3.05) is 11.9 Å². The summed E-state index contributed by atoms with van der Waals surface area (Å²) in [5, 5.41) is 3.57. The third-order valence-corrected chi connectivity index (χ3v) is 5.29. The van der Waals surface area contributed by atoms with Gasteiger partial charge < -0.3 is 10.1 Å². The zero-order valence-electron chi connectivity index (χ0n) is 11.9. The summed E-state index contributed by atoms with van der Waals surface area (Å²) in [6.07, 6.45) is 0.945. The van der Waals surface area contributed by atoms with Crippen molar-refractivity contribution < 1.29 is 13.2 Å². The maximum atomic E-state index is 11.2. The normalized spacial score (nSPS) is 26.3. The molecule has 4 rings (SSSR count). The average molecular weight is 315 g/mol. The van der Waals surface area contributed by atoms with Crippen molar-refractivity contribution in [3.8, 4) is 0 Å². The summed E-state index contributed by atoms with van der Waals surface area (Å²) >= 11 is 0. The number of fused-ring (bicyclic) bond motifs is 3. The number of hydrogen-bond acceptors (Lipinski definition) is 4. The van der Waals surface area contributed by atoms with E-state index in [1.165, 1.54) is 5.56 Å². The number of thiol groups is 1. The first-order chi connectivity index (χ1) is 10.7. The Morgan fingerprint density at radius 1 is 1.09 bits per heavy atom. The molecule has 0 aliphatic carbocycles. The van der Waals surface area contributed by atoms with Gasteiger partial charge in [0.15, 0.2) is 10.7 Å². The lowest BCUT2D eigenvalue weighted by Crippen LogP contribution is -2.29. The first kappa shape index (κ1) is 13.8. The van der Waals surface area contributed by atoms with Crippen molar-refractivity contribution in [3.05, 3.63) is 59.7 Å². The van der Waals surface area contributed by atoms with Crippen molar-refractivity contribution in [3.63, 3.8) is 0 Å². The molecule has 3 atom stereocenters. The summed E-state index contributed by atoms with van der Waals surface area (Å²) < 4.78 is 28.4. The molecule has 0 aromatic heterocycles. The Bertz CT molecular complexity index is 765. The summed E-state index contributed by atoms with van der Waals surface area (Å²) in [6, 6.07) is 15.8. The van der Waals surface area contributed by atoms with Gasteiger partial charge in [-0.25, -0.2) is 8.42 Å². The zero-order chi connectivity index (χ0) is 15.1. The molecule has 114 valence electrons.